The molecule has 0 radical (unpaired) electrons. The van der Waals surface area contributed by atoms with Crippen LogP contribution >= 0.6 is 11.6 Å². The second-order valence-electron chi connectivity index (χ2n) is 6.73. The molecule has 2 saturated heterocycles. The first-order valence-electron chi connectivity index (χ1n) is 7.96. The van der Waals surface area contributed by atoms with Gasteiger partial charge in [-0.1, -0.05) is 17.7 Å². The highest BCUT2D eigenvalue weighted by Gasteiger charge is 2.75. The third-order valence-corrected chi connectivity index (χ3v) is 5.86. The Hall–Kier alpha value is -2.61. The molecule has 1 aromatic carbocycles. The summed E-state index contributed by atoms with van der Waals surface area (Å²) in [7, 11) is 3.00. The Morgan fingerprint density at radius 2 is 1.50 bits per heavy atom. The molecule has 0 N–H and O–H groups in total. The van der Waals surface area contributed by atoms with E-state index in [2.05, 4.69) is 0 Å². The van der Waals surface area contributed by atoms with E-state index < -0.39 is 35.2 Å². The fourth-order valence-corrected chi connectivity index (χ4v) is 4.10. The molecular weight excluding hydrogens is 360 g/mol. The monoisotopic (exact) mass is 378 g/mol. The van der Waals surface area contributed by atoms with Crippen molar-refractivity contribution < 1.29 is 19.2 Å². The van der Waals surface area contributed by atoms with Crippen LogP contribution in [0.25, 0.3) is 0 Å². The number of hydrogen-bond donors (Lipinski definition) is 0. The number of carbonyl (C=O) groups excluding carboxylic acids is 4. The second kappa shape index (κ2) is 5.44. The third-order valence-electron chi connectivity index (χ3n) is 5.62. The number of urea groups is 2. The molecule has 1 aromatic rings. The van der Waals surface area contributed by atoms with Crippen LogP contribution in [-0.2, 0) is 4.79 Å². The summed E-state index contributed by atoms with van der Waals surface area (Å²) < 4.78 is 0. The first-order chi connectivity index (χ1) is 12.0. The summed E-state index contributed by atoms with van der Waals surface area (Å²) in [5.74, 6) is -1.19. The average Bonchev–Trinajstić information content (AvgIpc) is 2.82. The standard InChI is InChI=1S/C17H19ClN4O4/c1-10(23)21-14(25)19(4)16(2)17(21,3)22(15(26)20(16)5)13(24)11-7-6-8-12(18)9-11/h6-9H,1-5H3/t16-,17+/m1/s1. The van der Waals surface area contributed by atoms with Gasteiger partial charge in [-0.3, -0.25) is 9.59 Å². The molecule has 2 atom stereocenters. The van der Waals surface area contributed by atoms with Crippen LogP contribution in [0.4, 0.5) is 9.59 Å². The van der Waals surface area contributed by atoms with Crippen LogP contribution in [0.3, 0.4) is 0 Å². The number of benzene rings is 1. The lowest BCUT2D eigenvalue weighted by molar-refractivity contribution is -0.134. The van der Waals surface area contributed by atoms with E-state index in [1.165, 1.54) is 43.0 Å². The zero-order chi connectivity index (χ0) is 19.6. The van der Waals surface area contributed by atoms with Gasteiger partial charge in [-0.05, 0) is 32.0 Å². The van der Waals surface area contributed by atoms with E-state index in [9.17, 15) is 19.2 Å². The molecule has 138 valence electrons. The molecule has 2 aliphatic heterocycles. The van der Waals surface area contributed by atoms with Crippen molar-refractivity contribution in [2.24, 2.45) is 0 Å². The molecule has 0 saturated carbocycles. The largest absolute Gasteiger partial charge is 0.330 e. The van der Waals surface area contributed by atoms with Crippen molar-refractivity contribution in [1.29, 1.82) is 0 Å². The van der Waals surface area contributed by atoms with Crippen LogP contribution in [0.5, 0.6) is 0 Å². The fraction of sp³-hybridized carbons (Fsp3) is 0.412. The van der Waals surface area contributed by atoms with Gasteiger partial charge in [0.05, 0.1) is 0 Å². The molecule has 2 fully saturated rings. The molecule has 0 aromatic heterocycles. The minimum absolute atomic E-state index is 0.190. The first kappa shape index (κ1) is 18.2. The number of hydrogen-bond acceptors (Lipinski definition) is 4. The Bertz CT molecular complexity index is 859. The van der Waals surface area contributed by atoms with Gasteiger partial charge in [0.2, 0.25) is 5.91 Å². The van der Waals surface area contributed by atoms with E-state index in [1.54, 1.807) is 26.0 Å². The number of fused-ring (bicyclic) bond motifs is 1. The van der Waals surface area contributed by atoms with Gasteiger partial charge in [0.15, 0.2) is 11.3 Å². The number of amides is 6. The molecule has 0 bridgehead atoms. The minimum Gasteiger partial charge on any atom is -0.300 e. The highest BCUT2D eigenvalue weighted by atomic mass is 35.5. The van der Waals surface area contributed by atoms with Crippen molar-refractivity contribution in [3.8, 4) is 0 Å². The number of carbonyl (C=O) groups is 4. The number of imide groups is 2. The zero-order valence-corrected chi connectivity index (χ0v) is 15.9. The lowest BCUT2D eigenvalue weighted by atomic mass is 9.95. The smallest absolute Gasteiger partial charge is 0.300 e. The van der Waals surface area contributed by atoms with Gasteiger partial charge in [-0.2, -0.15) is 0 Å². The molecule has 2 heterocycles. The molecule has 0 unspecified atom stereocenters. The maximum atomic E-state index is 13.2. The van der Waals surface area contributed by atoms with E-state index in [0.29, 0.717) is 5.02 Å². The number of rotatable bonds is 1. The maximum Gasteiger partial charge on any atom is 0.330 e. The maximum absolute atomic E-state index is 13.2. The normalized spacial score (nSPS) is 28.1. The molecular formula is C17H19ClN4O4. The van der Waals surface area contributed by atoms with E-state index in [4.69, 9.17) is 11.6 Å². The van der Waals surface area contributed by atoms with Crippen molar-refractivity contribution in [2.75, 3.05) is 14.1 Å². The van der Waals surface area contributed by atoms with E-state index in [0.717, 1.165) is 9.80 Å². The fourth-order valence-electron chi connectivity index (χ4n) is 3.91. The van der Waals surface area contributed by atoms with Crippen LogP contribution in [0.1, 0.15) is 31.1 Å². The predicted molar refractivity (Wildman–Crippen MR) is 93.3 cm³/mol. The Labute approximate surface area is 155 Å². The number of likely N-dealkylation sites (N-methyl/N-ethyl adjacent to an activating group) is 2. The molecule has 8 nitrogen and oxygen atoms in total. The lowest BCUT2D eigenvalue weighted by Gasteiger charge is -2.42. The molecule has 2 aliphatic rings. The summed E-state index contributed by atoms with van der Waals surface area (Å²) >= 11 is 5.97. The van der Waals surface area contributed by atoms with E-state index in [1.807, 2.05) is 0 Å². The summed E-state index contributed by atoms with van der Waals surface area (Å²) in [6.07, 6.45) is 0. The Morgan fingerprint density at radius 1 is 0.962 bits per heavy atom. The SMILES string of the molecule is CC(=O)N1C(=O)N(C)[C@]2(C)N(C)C(=O)N(C(=O)c3cccc(Cl)c3)[C@]12C. The van der Waals surface area contributed by atoms with Gasteiger partial charge < -0.3 is 9.80 Å². The predicted octanol–water partition coefficient (Wildman–Crippen LogP) is 2.19. The Kier molecular flexibility index (Phi) is 3.81. The Morgan fingerprint density at radius 3 is 2.00 bits per heavy atom. The highest BCUT2D eigenvalue weighted by molar-refractivity contribution is 6.31. The van der Waals surface area contributed by atoms with Gasteiger partial charge in [-0.25, -0.2) is 19.4 Å². The van der Waals surface area contributed by atoms with Crippen molar-refractivity contribution in [3.63, 3.8) is 0 Å². The van der Waals surface area contributed by atoms with E-state index in [-0.39, 0.29) is 5.56 Å². The van der Waals surface area contributed by atoms with Gasteiger partial charge in [0.25, 0.3) is 5.91 Å². The summed E-state index contributed by atoms with van der Waals surface area (Å²) in [4.78, 5) is 55.6. The lowest BCUT2D eigenvalue weighted by Crippen LogP contribution is -2.65. The van der Waals surface area contributed by atoms with Crippen molar-refractivity contribution in [3.05, 3.63) is 34.9 Å². The van der Waals surface area contributed by atoms with Gasteiger partial charge in [-0.15, -0.1) is 0 Å². The summed E-state index contributed by atoms with van der Waals surface area (Å²) in [5, 5.41) is 0.340. The first-order valence-corrected chi connectivity index (χ1v) is 8.34. The summed E-state index contributed by atoms with van der Waals surface area (Å²) in [6.45, 7) is 4.42. The quantitative estimate of drug-likeness (QED) is 0.750. The molecule has 0 spiro atoms. The van der Waals surface area contributed by atoms with Gasteiger partial charge >= 0.3 is 12.1 Å². The topological polar surface area (TPSA) is 81.2 Å². The summed E-state index contributed by atoms with van der Waals surface area (Å²) in [5.41, 5.74) is -2.55. The minimum atomic E-state index is -1.52. The Balaban J connectivity index is 2.22. The van der Waals surface area contributed by atoms with Crippen LogP contribution in [0.2, 0.25) is 5.02 Å². The van der Waals surface area contributed by atoms with Crippen LogP contribution in [0.15, 0.2) is 24.3 Å². The molecule has 9 heteroatoms. The number of nitrogens with zero attached hydrogens (tertiary/aromatic N) is 4. The third kappa shape index (κ3) is 1.90. The second-order valence-corrected chi connectivity index (χ2v) is 7.17. The molecule has 6 amide bonds. The molecule has 0 aliphatic carbocycles. The van der Waals surface area contributed by atoms with Crippen LogP contribution < -0.4 is 0 Å². The zero-order valence-electron chi connectivity index (χ0n) is 15.1. The molecule has 26 heavy (non-hydrogen) atoms. The molecule has 3 rings (SSSR count). The average molecular weight is 379 g/mol. The van der Waals surface area contributed by atoms with Crippen molar-refractivity contribution in [2.45, 2.75) is 32.1 Å². The van der Waals surface area contributed by atoms with Crippen molar-refractivity contribution >= 4 is 35.5 Å². The highest BCUT2D eigenvalue weighted by Crippen LogP contribution is 2.50. The van der Waals surface area contributed by atoms with Gasteiger partial charge in [0, 0.05) is 31.6 Å². The van der Waals surface area contributed by atoms with Crippen LogP contribution in [-0.4, -0.2) is 68.9 Å². The van der Waals surface area contributed by atoms with Gasteiger partial charge in [0.1, 0.15) is 0 Å². The van der Waals surface area contributed by atoms with E-state index >= 15 is 0 Å². The number of halogens is 1. The van der Waals surface area contributed by atoms with Crippen molar-refractivity contribution in [1.82, 2.24) is 19.6 Å². The van der Waals surface area contributed by atoms with Crippen LogP contribution in [0, 0.1) is 0 Å². The summed E-state index contributed by atoms with van der Waals surface area (Å²) in [6, 6.07) is 4.98.